The maximum absolute atomic E-state index is 8.43. The Morgan fingerprint density at radius 1 is 1.16 bits per heavy atom. The van der Waals surface area contributed by atoms with Crippen LogP contribution in [0, 0.1) is 0 Å². The van der Waals surface area contributed by atoms with Crippen molar-refractivity contribution in [2.24, 2.45) is 5.11 Å². The third-order valence-corrected chi connectivity index (χ3v) is 2.96. The van der Waals surface area contributed by atoms with Gasteiger partial charge in [-0.15, -0.1) is 0 Å². The van der Waals surface area contributed by atoms with E-state index in [0.29, 0.717) is 5.69 Å². The zero-order valence-corrected chi connectivity index (χ0v) is 10.1. The molecular weight excluding hydrogens is 238 g/mol. The van der Waals surface area contributed by atoms with Crippen LogP contribution in [0.15, 0.2) is 59.8 Å². The highest BCUT2D eigenvalue weighted by Gasteiger charge is 2.03. The van der Waals surface area contributed by atoms with E-state index in [2.05, 4.69) is 27.3 Å². The normalized spacial score (nSPS) is 10.3. The molecule has 0 aliphatic heterocycles. The summed E-state index contributed by atoms with van der Waals surface area (Å²) < 4.78 is 1.94. The van der Waals surface area contributed by atoms with Gasteiger partial charge in [-0.3, -0.25) is 4.68 Å². The second-order valence-electron chi connectivity index (χ2n) is 4.22. The fourth-order valence-corrected chi connectivity index (χ4v) is 2.07. The average Bonchev–Trinajstić information content (AvgIpc) is 2.83. The van der Waals surface area contributed by atoms with Crippen LogP contribution in [0.25, 0.3) is 21.3 Å². The lowest BCUT2D eigenvalue weighted by Gasteiger charge is -2.03. The molecule has 5 heteroatoms. The number of hydrogen-bond acceptors (Lipinski definition) is 2. The molecule has 92 valence electrons. The van der Waals surface area contributed by atoms with Crippen LogP contribution in [0.3, 0.4) is 0 Å². The van der Waals surface area contributed by atoms with Gasteiger partial charge in [0.1, 0.15) is 0 Å². The number of fused-ring (bicyclic) bond motifs is 1. The molecule has 19 heavy (non-hydrogen) atoms. The standard InChI is InChI=1S/C14H11N5/c15-18-17-13-6-7-14-12(8-13)9-16-19(14)10-11-4-2-1-3-5-11/h1-9H,10H2. The lowest BCUT2D eigenvalue weighted by Crippen LogP contribution is -2.00. The predicted octanol–water partition coefficient (Wildman–Crippen LogP) is 4.03. The van der Waals surface area contributed by atoms with Crippen molar-refractivity contribution in [3.05, 3.63) is 70.7 Å². The minimum atomic E-state index is 0.606. The molecule has 0 saturated carbocycles. The first kappa shape index (κ1) is 11.3. The van der Waals surface area contributed by atoms with Crippen molar-refractivity contribution in [3.8, 4) is 0 Å². The molecule has 3 rings (SSSR count). The van der Waals surface area contributed by atoms with Crippen LogP contribution >= 0.6 is 0 Å². The summed E-state index contributed by atoms with van der Waals surface area (Å²) in [6.07, 6.45) is 1.79. The minimum absolute atomic E-state index is 0.606. The van der Waals surface area contributed by atoms with Gasteiger partial charge in [0.15, 0.2) is 0 Å². The van der Waals surface area contributed by atoms with Crippen molar-refractivity contribution in [1.29, 1.82) is 0 Å². The van der Waals surface area contributed by atoms with Gasteiger partial charge in [0, 0.05) is 16.0 Å². The quantitative estimate of drug-likeness (QED) is 0.392. The van der Waals surface area contributed by atoms with E-state index in [0.717, 1.165) is 17.4 Å². The Balaban J connectivity index is 1.99. The van der Waals surface area contributed by atoms with Gasteiger partial charge in [0.25, 0.3) is 0 Å². The van der Waals surface area contributed by atoms with Gasteiger partial charge in [-0.25, -0.2) is 0 Å². The smallest absolute Gasteiger partial charge is 0.0686 e. The van der Waals surface area contributed by atoms with Crippen LogP contribution in [0.5, 0.6) is 0 Å². The van der Waals surface area contributed by atoms with Crippen molar-refractivity contribution in [3.63, 3.8) is 0 Å². The fraction of sp³-hybridized carbons (Fsp3) is 0.0714. The maximum Gasteiger partial charge on any atom is 0.0686 e. The molecule has 0 saturated heterocycles. The van der Waals surface area contributed by atoms with Crippen LogP contribution in [0.1, 0.15) is 5.56 Å². The lowest BCUT2D eigenvalue weighted by molar-refractivity contribution is 0.712. The van der Waals surface area contributed by atoms with Gasteiger partial charge < -0.3 is 0 Å². The molecule has 0 fully saturated rings. The molecule has 0 N–H and O–H groups in total. The molecule has 0 unspecified atom stereocenters. The zero-order valence-electron chi connectivity index (χ0n) is 10.1. The molecule has 5 nitrogen and oxygen atoms in total. The third-order valence-electron chi connectivity index (χ3n) is 2.96. The van der Waals surface area contributed by atoms with E-state index in [4.69, 9.17) is 5.53 Å². The highest BCUT2D eigenvalue weighted by atomic mass is 15.3. The van der Waals surface area contributed by atoms with E-state index in [1.54, 1.807) is 12.3 Å². The summed E-state index contributed by atoms with van der Waals surface area (Å²) >= 11 is 0. The van der Waals surface area contributed by atoms with Crippen molar-refractivity contribution < 1.29 is 0 Å². The summed E-state index contributed by atoms with van der Waals surface area (Å²) in [7, 11) is 0. The number of rotatable bonds is 3. The molecule has 0 amide bonds. The van der Waals surface area contributed by atoms with E-state index < -0.39 is 0 Å². The van der Waals surface area contributed by atoms with E-state index in [1.165, 1.54) is 5.56 Å². The molecule has 0 spiro atoms. The molecule has 0 aliphatic carbocycles. The number of azide groups is 1. The first-order valence-electron chi connectivity index (χ1n) is 5.91. The molecule has 3 aromatic rings. The van der Waals surface area contributed by atoms with Crippen LogP contribution in [-0.4, -0.2) is 9.78 Å². The summed E-state index contributed by atoms with van der Waals surface area (Å²) in [6.45, 7) is 0.727. The van der Waals surface area contributed by atoms with Gasteiger partial charge in [0.05, 0.1) is 18.3 Å². The van der Waals surface area contributed by atoms with E-state index in [9.17, 15) is 0 Å². The first-order valence-corrected chi connectivity index (χ1v) is 5.91. The summed E-state index contributed by atoms with van der Waals surface area (Å²) in [5.74, 6) is 0. The SMILES string of the molecule is [N-]=[N+]=Nc1ccc2c(cnn2Cc2ccccc2)c1. The van der Waals surface area contributed by atoms with Crippen LogP contribution in [0.2, 0.25) is 0 Å². The first-order chi connectivity index (χ1) is 9.36. The Kier molecular flexibility index (Phi) is 2.88. The molecule has 0 atom stereocenters. The minimum Gasteiger partial charge on any atom is -0.260 e. The van der Waals surface area contributed by atoms with Gasteiger partial charge in [-0.05, 0) is 23.2 Å². The molecule has 1 aromatic heterocycles. The number of benzene rings is 2. The van der Waals surface area contributed by atoms with Crippen molar-refractivity contribution in [2.45, 2.75) is 6.54 Å². The lowest BCUT2D eigenvalue weighted by atomic mass is 10.2. The topological polar surface area (TPSA) is 66.6 Å². The summed E-state index contributed by atoms with van der Waals surface area (Å²) in [4.78, 5) is 2.79. The third kappa shape index (κ3) is 2.27. The van der Waals surface area contributed by atoms with Crippen LogP contribution in [0.4, 0.5) is 5.69 Å². The highest BCUT2D eigenvalue weighted by molar-refractivity contribution is 5.81. The largest absolute Gasteiger partial charge is 0.260 e. The predicted molar refractivity (Wildman–Crippen MR) is 74.1 cm³/mol. The monoisotopic (exact) mass is 249 g/mol. The van der Waals surface area contributed by atoms with Gasteiger partial charge in [0.2, 0.25) is 0 Å². The van der Waals surface area contributed by atoms with Crippen molar-refractivity contribution in [2.75, 3.05) is 0 Å². The molecule has 0 aliphatic rings. The molecule has 2 aromatic carbocycles. The van der Waals surface area contributed by atoms with E-state index in [1.807, 2.05) is 35.0 Å². The molecular formula is C14H11N5. The molecule has 1 heterocycles. The van der Waals surface area contributed by atoms with Gasteiger partial charge >= 0.3 is 0 Å². The second-order valence-corrected chi connectivity index (χ2v) is 4.22. The Morgan fingerprint density at radius 2 is 2.00 bits per heavy atom. The van der Waals surface area contributed by atoms with Crippen molar-refractivity contribution >= 4 is 16.6 Å². The Labute approximate surface area is 109 Å². The summed E-state index contributed by atoms with van der Waals surface area (Å²) in [5.41, 5.74) is 11.3. The zero-order chi connectivity index (χ0) is 13.1. The van der Waals surface area contributed by atoms with Crippen LogP contribution in [-0.2, 0) is 6.54 Å². The van der Waals surface area contributed by atoms with Gasteiger partial charge in [-0.1, -0.05) is 41.5 Å². The summed E-state index contributed by atoms with van der Waals surface area (Å²) in [6, 6.07) is 15.7. The number of hydrogen-bond donors (Lipinski definition) is 0. The van der Waals surface area contributed by atoms with E-state index in [-0.39, 0.29) is 0 Å². The fourth-order valence-electron chi connectivity index (χ4n) is 2.07. The molecule has 0 radical (unpaired) electrons. The average molecular weight is 249 g/mol. The Hall–Kier alpha value is -2.78. The van der Waals surface area contributed by atoms with E-state index >= 15 is 0 Å². The molecule has 0 bridgehead atoms. The number of nitrogens with zero attached hydrogens (tertiary/aromatic N) is 5. The highest BCUT2D eigenvalue weighted by Crippen LogP contribution is 2.21. The Bertz CT molecular complexity index is 754. The van der Waals surface area contributed by atoms with Crippen molar-refractivity contribution in [1.82, 2.24) is 9.78 Å². The second kappa shape index (κ2) is 4.84. The Morgan fingerprint density at radius 3 is 2.79 bits per heavy atom. The number of aromatic nitrogens is 2. The van der Waals surface area contributed by atoms with Gasteiger partial charge in [-0.2, -0.15) is 5.10 Å². The maximum atomic E-state index is 8.43. The van der Waals surface area contributed by atoms with Crippen LogP contribution < -0.4 is 0 Å². The summed E-state index contributed by atoms with van der Waals surface area (Å²) in [5, 5.41) is 8.94.